The molecule has 1 amide bonds. The van der Waals surface area contributed by atoms with E-state index in [0.29, 0.717) is 5.56 Å². The van der Waals surface area contributed by atoms with Crippen LogP contribution < -0.4 is 0 Å². The minimum atomic E-state index is -4.03. The molecule has 1 N–H and O–H groups in total. The number of H-pyrrole nitrogens is 1. The number of benzene rings is 2. The first kappa shape index (κ1) is 19.6. The summed E-state index contributed by atoms with van der Waals surface area (Å²) in [7, 11) is -4.03. The van der Waals surface area contributed by atoms with Gasteiger partial charge >= 0.3 is 0 Å². The van der Waals surface area contributed by atoms with Crippen molar-refractivity contribution in [3.63, 3.8) is 0 Å². The summed E-state index contributed by atoms with van der Waals surface area (Å²) in [6.07, 6.45) is 0.795. The number of carbonyl (C=O) groups excluding carboxylic acids is 1. The Balaban J connectivity index is 1.86. The third kappa shape index (κ3) is 3.32. The molecule has 0 aliphatic carbocycles. The zero-order chi connectivity index (χ0) is 20.6. The molecule has 0 bridgehead atoms. The van der Waals surface area contributed by atoms with Gasteiger partial charge in [-0.2, -0.15) is 5.21 Å². The summed E-state index contributed by atoms with van der Waals surface area (Å²) >= 11 is 1.05. The molecule has 1 aliphatic heterocycles. The zero-order valence-electron chi connectivity index (χ0n) is 15.8. The number of aromatic amines is 1. The summed E-state index contributed by atoms with van der Waals surface area (Å²) in [5.41, 5.74) is 1.66. The SMILES string of the molecule is CCC(C)c1cccc2c1C(=O)N(C(Sc1nn[nH]n1)c1ccccc1)S2(=O)=O. The average molecular weight is 430 g/mol. The van der Waals surface area contributed by atoms with Gasteiger partial charge in [0, 0.05) is 0 Å². The van der Waals surface area contributed by atoms with E-state index in [4.69, 9.17) is 0 Å². The average Bonchev–Trinajstić information content (AvgIpc) is 3.31. The molecule has 150 valence electrons. The molecule has 29 heavy (non-hydrogen) atoms. The fourth-order valence-electron chi connectivity index (χ4n) is 3.35. The van der Waals surface area contributed by atoms with Gasteiger partial charge in [-0.05, 0) is 34.7 Å². The van der Waals surface area contributed by atoms with Crippen molar-refractivity contribution in [2.75, 3.05) is 0 Å². The maximum Gasteiger partial charge on any atom is 0.270 e. The number of nitrogens with one attached hydrogen (secondary N) is 1. The minimum absolute atomic E-state index is 0.0509. The van der Waals surface area contributed by atoms with Crippen LogP contribution in [0.1, 0.15) is 53.0 Å². The number of amides is 1. The van der Waals surface area contributed by atoms with Gasteiger partial charge in [-0.15, -0.1) is 10.2 Å². The Morgan fingerprint density at radius 3 is 2.55 bits per heavy atom. The van der Waals surface area contributed by atoms with Crippen LogP contribution >= 0.6 is 11.8 Å². The first-order chi connectivity index (χ1) is 13.9. The van der Waals surface area contributed by atoms with Crippen molar-refractivity contribution in [2.24, 2.45) is 0 Å². The second-order valence-corrected chi connectivity index (χ2v) is 9.54. The lowest BCUT2D eigenvalue weighted by atomic mass is 9.93. The standard InChI is InChI=1S/C19H19N5O3S2/c1-3-12(2)14-10-7-11-15-16(14)17(25)24(29(15,26)27)18(13-8-5-4-6-9-13)28-19-20-22-23-21-19/h4-12,18H,3H2,1-2H3,(H,20,21,22,23). The molecule has 2 atom stereocenters. The maximum absolute atomic E-state index is 13.5. The van der Waals surface area contributed by atoms with Crippen molar-refractivity contribution in [2.45, 2.75) is 41.6 Å². The fraction of sp³-hybridized carbons (Fsp3) is 0.263. The van der Waals surface area contributed by atoms with Gasteiger partial charge in [0.05, 0.1) is 5.56 Å². The van der Waals surface area contributed by atoms with Crippen molar-refractivity contribution in [1.82, 2.24) is 24.9 Å². The normalized spacial score (nSPS) is 17.2. The van der Waals surface area contributed by atoms with Gasteiger partial charge in [-0.25, -0.2) is 12.7 Å². The summed E-state index contributed by atoms with van der Waals surface area (Å²) in [4.78, 5) is 13.5. The smallest absolute Gasteiger partial charge is 0.268 e. The van der Waals surface area contributed by atoms with Gasteiger partial charge in [0.15, 0.2) is 0 Å². The van der Waals surface area contributed by atoms with Crippen LogP contribution in [0.2, 0.25) is 0 Å². The Hall–Kier alpha value is -2.72. The van der Waals surface area contributed by atoms with Gasteiger partial charge in [0.25, 0.3) is 15.9 Å². The van der Waals surface area contributed by atoms with E-state index in [-0.39, 0.29) is 21.5 Å². The van der Waals surface area contributed by atoms with Crippen LogP contribution in [0.3, 0.4) is 0 Å². The number of fused-ring (bicyclic) bond motifs is 1. The van der Waals surface area contributed by atoms with Crippen molar-refractivity contribution in [3.05, 3.63) is 65.2 Å². The van der Waals surface area contributed by atoms with Crippen molar-refractivity contribution in [3.8, 4) is 0 Å². The number of rotatable bonds is 6. The number of tetrazole rings is 1. The van der Waals surface area contributed by atoms with Crippen LogP contribution in [0.4, 0.5) is 0 Å². The molecule has 0 radical (unpaired) electrons. The summed E-state index contributed by atoms with van der Waals surface area (Å²) in [6.45, 7) is 4.00. The molecule has 1 aliphatic rings. The Bertz CT molecular complexity index is 1130. The maximum atomic E-state index is 13.5. The van der Waals surface area contributed by atoms with Crippen molar-refractivity contribution < 1.29 is 13.2 Å². The van der Waals surface area contributed by atoms with E-state index in [1.54, 1.807) is 30.3 Å². The summed E-state index contributed by atoms with van der Waals surface area (Å²) in [5.74, 6) is -0.468. The van der Waals surface area contributed by atoms with Gasteiger partial charge in [-0.1, -0.05) is 68.1 Å². The molecule has 0 spiro atoms. The zero-order valence-corrected chi connectivity index (χ0v) is 17.4. The fourth-order valence-corrected chi connectivity index (χ4v) is 6.30. The highest BCUT2D eigenvalue weighted by Gasteiger charge is 2.47. The van der Waals surface area contributed by atoms with Crippen molar-refractivity contribution >= 4 is 27.7 Å². The molecule has 0 saturated carbocycles. The van der Waals surface area contributed by atoms with E-state index in [1.165, 1.54) is 6.07 Å². The lowest BCUT2D eigenvalue weighted by Crippen LogP contribution is -2.33. The number of hydrogen-bond donors (Lipinski definition) is 1. The molecule has 0 saturated heterocycles. The van der Waals surface area contributed by atoms with Gasteiger partial charge in [0.1, 0.15) is 10.3 Å². The largest absolute Gasteiger partial charge is 0.270 e. The van der Waals surface area contributed by atoms with Gasteiger partial charge in [0.2, 0.25) is 5.16 Å². The molecule has 1 aromatic heterocycles. The van der Waals surface area contributed by atoms with Crippen LogP contribution in [0.15, 0.2) is 58.6 Å². The second-order valence-electron chi connectivity index (χ2n) is 6.71. The molecule has 10 heteroatoms. The lowest BCUT2D eigenvalue weighted by Gasteiger charge is -2.25. The highest BCUT2D eigenvalue weighted by molar-refractivity contribution is 8.00. The number of nitrogens with zero attached hydrogens (tertiary/aromatic N) is 4. The van der Waals surface area contributed by atoms with Crippen LogP contribution in [-0.4, -0.2) is 39.3 Å². The van der Waals surface area contributed by atoms with E-state index >= 15 is 0 Å². The predicted octanol–water partition coefficient (Wildman–Crippen LogP) is 3.35. The summed E-state index contributed by atoms with van der Waals surface area (Å²) < 4.78 is 27.8. The van der Waals surface area contributed by atoms with Crippen LogP contribution in [0, 0.1) is 0 Å². The molecule has 2 heterocycles. The Kier molecular flexibility index (Phi) is 5.13. The molecule has 0 fully saturated rings. The first-order valence-corrected chi connectivity index (χ1v) is 11.4. The van der Waals surface area contributed by atoms with Gasteiger partial charge < -0.3 is 0 Å². The van der Waals surface area contributed by atoms with Crippen molar-refractivity contribution in [1.29, 1.82) is 0 Å². The topological polar surface area (TPSA) is 109 Å². The third-order valence-corrected chi connectivity index (χ3v) is 8.01. The Morgan fingerprint density at radius 1 is 1.14 bits per heavy atom. The molecule has 4 rings (SSSR count). The van der Waals surface area contributed by atoms with Crippen LogP contribution in [-0.2, 0) is 10.0 Å². The first-order valence-electron chi connectivity index (χ1n) is 9.11. The van der Waals surface area contributed by atoms with E-state index < -0.39 is 21.3 Å². The van der Waals surface area contributed by atoms with E-state index in [1.807, 2.05) is 26.0 Å². The van der Waals surface area contributed by atoms with E-state index in [0.717, 1.165) is 28.1 Å². The Labute approximate surface area is 172 Å². The van der Waals surface area contributed by atoms with Crippen LogP contribution in [0.5, 0.6) is 0 Å². The number of thioether (sulfide) groups is 1. The number of hydrogen-bond acceptors (Lipinski definition) is 7. The number of sulfonamides is 1. The highest BCUT2D eigenvalue weighted by Crippen LogP contribution is 2.45. The predicted molar refractivity (Wildman–Crippen MR) is 108 cm³/mol. The summed E-state index contributed by atoms with van der Waals surface area (Å²) in [6, 6.07) is 14.0. The van der Waals surface area contributed by atoms with E-state index in [2.05, 4.69) is 20.6 Å². The number of carbonyl (C=O) groups is 1. The monoisotopic (exact) mass is 429 g/mol. The molecular weight excluding hydrogens is 410 g/mol. The van der Waals surface area contributed by atoms with Gasteiger partial charge in [-0.3, -0.25) is 4.79 Å². The minimum Gasteiger partial charge on any atom is -0.268 e. The molecule has 8 nitrogen and oxygen atoms in total. The second kappa shape index (κ2) is 7.60. The number of aromatic nitrogens is 4. The quantitative estimate of drug-likeness (QED) is 0.599. The summed E-state index contributed by atoms with van der Waals surface area (Å²) in [5, 5.41) is 13.1. The van der Waals surface area contributed by atoms with Crippen LogP contribution in [0.25, 0.3) is 0 Å². The third-order valence-electron chi connectivity index (χ3n) is 4.99. The highest BCUT2D eigenvalue weighted by atomic mass is 32.2. The van der Waals surface area contributed by atoms with E-state index in [9.17, 15) is 13.2 Å². The lowest BCUT2D eigenvalue weighted by molar-refractivity contribution is 0.0860. The molecular formula is C19H19N5O3S2. The molecule has 2 unspecified atom stereocenters. The molecule has 2 aromatic carbocycles. The Morgan fingerprint density at radius 2 is 1.90 bits per heavy atom. The molecule has 3 aromatic rings.